The van der Waals surface area contributed by atoms with E-state index >= 15 is 0 Å². The third kappa shape index (κ3) is 6.46. The van der Waals surface area contributed by atoms with Crippen LogP contribution in [0.3, 0.4) is 0 Å². The zero-order valence-electron chi connectivity index (χ0n) is 18.8. The molecule has 170 valence electrons. The maximum absolute atomic E-state index is 12.2. The van der Waals surface area contributed by atoms with Crippen molar-refractivity contribution in [1.82, 2.24) is 10.3 Å². The van der Waals surface area contributed by atoms with Gasteiger partial charge in [0.15, 0.2) is 11.5 Å². The van der Waals surface area contributed by atoms with E-state index in [1.54, 1.807) is 26.0 Å². The van der Waals surface area contributed by atoms with Crippen LogP contribution in [-0.4, -0.2) is 43.7 Å². The maximum atomic E-state index is 12.2. The first-order chi connectivity index (χ1) is 15.5. The second kappa shape index (κ2) is 11.9. The van der Waals surface area contributed by atoms with Crippen molar-refractivity contribution in [2.45, 2.75) is 24.0 Å². The summed E-state index contributed by atoms with van der Waals surface area (Å²) in [4.78, 5) is 18.0. The standard InChI is InChI=1S/C24H28N2O4S2/c1-16-20(26-24(30-16)18-6-8-19(31-4)9-7-18)14-32-15-23(27)25-12-11-17-5-10-21(28-2)22(13-17)29-3/h5-10,13H,11-12,14-15H2,1-4H3,(H,25,27). The Hall–Kier alpha value is -2.58. The Morgan fingerprint density at radius 3 is 2.53 bits per heavy atom. The monoisotopic (exact) mass is 472 g/mol. The predicted molar refractivity (Wildman–Crippen MR) is 131 cm³/mol. The third-order valence-corrected chi connectivity index (χ3v) is 6.57. The Morgan fingerprint density at radius 1 is 1.09 bits per heavy atom. The van der Waals surface area contributed by atoms with Crippen molar-refractivity contribution in [2.75, 3.05) is 32.8 Å². The van der Waals surface area contributed by atoms with E-state index in [4.69, 9.17) is 13.9 Å². The molecule has 0 spiro atoms. The van der Waals surface area contributed by atoms with Gasteiger partial charge in [-0.25, -0.2) is 4.98 Å². The van der Waals surface area contributed by atoms with E-state index in [1.165, 1.54) is 16.7 Å². The highest BCUT2D eigenvalue weighted by Gasteiger charge is 2.12. The summed E-state index contributed by atoms with van der Waals surface area (Å²) in [6, 6.07) is 13.9. The first-order valence-electron chi connectivity index (χ1n) is 10.2. The lowest BCUT2D eigenvalue weighted by Gasteiger charge is -2.10. The average molecular weight is 473 g/mol. The van der Waals surface area contributed by atoms with Crippen LogP contribution in [0.4, 0.5) is 0 Å². The first kappa shape index (κ1) is 24.1. The van der Waals surface area contributed by atoms with E-state index in [0.29, 0.717) is 35.4 Å². The van der Waals surface area contributed by atoms with E-state index in [0.717, 1.165) is 29.0 Å². The Kier molecular flexibility index (Phi) is 8.93. The van der Waals surface area contributed by atoms with E-state index in [1.807, 2.05) is 43.5 Å². The van der Waals surface area contributed by atoms with E-state index in [9.17, 15) is 4.79 Å². The lowest BCUT2D eigenvalue weighted by Crippen LogP contribution is -2.27. The van der Waals surface area contributed by atoms with Crippen LogP contribution in [0, 0.1) is 6.92 Å². The van der Waals surface area contributed by atoms with Crippen LogP contribution in [0.5, 0.6) is 11.5 Å². The number of nitrogens with zero attached hydrogens (tertiary/aromatic N) is 1. The van der Waals surface area contributed by atoms with Crippen LogP contribution in [0.25, 0.3) is 11.5 Å². The van der Waals surface area contributed by atoms with Gasteiger partial charge in [-0.05, 0) is 61.6 Å². The molecule has 1 heterocycles. The van der Waals surface area contributed by atoms with Crippen LogP contribution in [-0.2, 0) is 17.0 Å². The number of hydrogen-bond acceptors (Lipinski definition) is 7. The summed E-state index contributed by atoms with van der Waals surface area (Å²) in [5.74, 6) is 3.79. The largest absolute Gasteiger partial charge is 0.493 e. The summed E-state index contributed by atoms with van der Waals surface area (Å²) in [5.41, 5.74) is 2.90. The summed E-state index contributed by atoms with van der Waals surface area (Å²) in [6.45, 7) is 2.47. The smallest absolute Gasteiger partial charge is 0.230 e. The van der Waals surface area contributed by atoms with Crippen molar-refractivity contribution < 1.29 is 18.7 Å². The van der Waals surface area contributed by atoms with Crippen molar-refractivity contribution in [1.29, 1.82) is 0 Å². The molecule has 3 rings (SSSR count). The minimum Gasteiger partial charge on any atom is -0.493 e. The van der Waals surface area contributed by atoms with Gasteiger partial charge in [0.25, 0.3) is 0 Å². The fourth-order valence-corrected chi connectivity index (χ4v) is 4.35. The molecule has 0 aliphatic heterocycles. The molecule has 0 atom stereocenters. The number of thioether (sulfide) groups is 2. The van der Waals surface area contributed by atoms with Gasteiger partial charge in [0, 0.05) is 22.8 Å². The number of carbonyl (C=O) groups is 1. The van der Waals surface area contributed by atoms with Crippen LogP contribution < -0.4 is 14.8 Å². The number of methoxy groups -OCH3 is 2. The number of nitrogens with one attached hydrogen (secondary N) is 1. The molecule has 3 aromatic rings. The molecule has 0 unspecified atom stereocenters. The number of aromatic nitrogens is 1. The number of aryl methyl sites for hydroxylation is 1. The highest BCUT2D eigenvalue weighted by atomic mass is 32.2. The summed E-state index contributed by atoms with van der Waals surface area (Å²) in [6.07, 6.45) is 2.77. The molecule has 1 N–H and O–H groups in total. The number of rotatable bonds is 11. The molecule has 0 radical (unpaired) electrons. The van der Waals surface area contributed by atoms with Crippen LogP contribution >= 0.6 is 23.5 Å². The highest BCUT2D eigenvalue weighted by Crippen LogP contribution is 2.28. The van der Waals surface area contributed by atoms with Crippen molar-refractivity contribution in [3.05, 3.63) is 59.5 Å². The number of benzene rings is 2. The zero-order chi connectivity index (χ0) is 22.9. The topological polar surface area (TPSA) is 73.6 Å². The van der Waals surface area contributed by atoms with E-state index in [-0.39, 0.29) is 5.91 Å². The summed E-state index contributed by atoms with van der Waals surface area (Å²) in [7, 11) is 3.22. The summed E-state index contributed by atoms with van der Waals surface area (Å²) < 4.78 is 16.4. The molecule has 0 fully saturated rings. The molecule has 6 nitrogen and oxygen atoms in total. The Bertz CT molecular complexity index is 1030. The molecule has 0 aliphatic carbocycles. The van der Waals surface area contributed by atoms with Crippen LogP contribution in [0.15, 0.2) is 51.8 Å². The van der Waals surface area contributed by atoms with Gasteiger partial charge in [0.05, 0.1) is 25.7 Å². The molecule has 1 aromatic heterocycles. The number of amides is 1. The van der Waals surface area contributed by atoms with Crippen LogP contribution in [0.2, 0.25) is 0 Å². The molecule has 8 heteroatoms. The Labute approximate surface area is 197 Å². The molecular formula is C24H28N2O4S2. The quantitative estimate of drug-likeness (QED) is 0.395. The fraction of sp³-hybridized carbons (Fsp3) is 0.333. The molecule has 0 bridgehead atoms. The van der Waals surface area contributed by atoms with Gasteiger partial charge in [-0.3, -0.25) is 4.79 Å². The van der Waals surface area contributed by atoms with E-state index in [2.05, 4.69) is 22.4 Å². The van der Waals surface area contributed by atoms with Gasteiger partial charge in [0.1, 0.15) is 5.76 Å². The Morgan fingerprint density at radius 2 is 1.84 bits per heavy atom. The minimum atomic E-state index is 0.00417. The van der Waals surface area contributed by atoms with Gasteiger partial charge in [-0.2, -0.15) is 0 Å². The number of ether oxygens (including phenoxy) is 2. The number of hydrogen-bond donors (Lipinski definition) is 1. The van der Waals surface area contributed by atoms with Gasteiger partial charge in [-0.1, -0.05) is 6.07 Å². The maximum Gasteiger partial charge on any atom is 0.230 e. The van der Waals surface area contributed by atoms with Crippen LogP contribution in [0.1, 0.15) is 17.0 Å². The molecular weight excluding hydrogens is 444 g/mol. The lowest BCUT2D eigenvalue weighted by molar-refractivity contribution is -0.118. The second-order valence-corrected chi connectivity index (χ2v) is 8.90. The number of carbonyl (C=O) groups excluding carboxylic acids is 1. The van der Waals surface area contributed by atoms with Gasteiger partial charge in [-0.15, -0.1) is 23.5 Å². The van der Waals surface area contributed by atoms with E-state index < -0.39 is 0 Å². The molecule has 2 aromatic carbocycles. The fourth-order valence-electron chi connectivity index (χ4n) is 3.09. The lowest BCUT2D eigenvalue weighted by atomic mass is 10.1. The second-order valence-electron chi connectivity index (χ2n) is 7.03. The van der Waals surface area contributed by atoms with Crippen molar-refractivity contribution >= 4 is 29.4 Å². The minimum absolute atomic E-state index is 0.00417. The highest BCUT2D eigenvalue weighted by molar-refractivity contribution is 7.99. The van der Waals surface area contributed by atoms with Crippen molar-refractivity contribution in [2.24, 2.45) is 0 Å². The summed E-state index contributed by atoms with van der Waals surface area (Å²) in [5, 5.41) is 2.96. The molecule has 1 amide bonds. The van der Waals surface area contributed by atoms with Crippen molar-refractivity contribution in [3.8, 4) is 23.0 Å². The normalized spacial score (nSPS) is 10.8. The molecule has 0 aliphatic rings. The number of oxazole rings is 1. The van der Waals surface area contributed by atoms with Gasteiger partial charge >= 0.3 is 0 Å². The predicted octanol–water partition coefficient (Wildman–Crippen LogP) is 4.98. The van der Waals surface area contributed by atoms with Crippen molar-refractivity contribution in [3.63, 3.8) is 0 Å². The average Bonchev–Trinajstić information content (AvgIpc) is 3.19. The van der Waals surface area contributed by atoms with Gasteiger partial charge in [0.2, 0.25) is 11.8 Å². The van der Waals surface area contributed by atoms with Gasteiger partial charge < -0.3 is 19.2 Å². The molecule has 0 saturated heterocycles. The first-order valence-corrected chi connectivity index (χ1v) is 12.6. The summed E-state index contributed by atoms with van der Waals surface area (Å²) >= 11 is 3.23. The SMILES string of the molecule is COc1ccc(CCNC(=O)CSCc2nc(-c3ccc(SC)cc3)oc2C)cc1OC. The molecule has 32 heavy (non-hydrogen) atoms. The zero-order valence-corrected chi connectivity index (χ0v) is 20.4. The Balaban J connectivity index is 1.43. The third-order valence-electron chi connectivity index (χ3n) is 4.89. The molecule has 0 saturated carbocycles.